The molecule has 1 aromatic carbocycles. The molecule has 1 heterocycles. The Kier molecular flexibility index (Phi) is 9.42. The Morgan fingerprint density at radius 1 is 1.32 bits per heavy atom. The molecule has 2 aromatic rings. The average Bonchev–Trinajstić information content (AvgIpc) is 2.53. The summed E-state index contributed by atoms with van der Waals surface area (Å²) in [4.78, 5) is 12.2. The maximum atomic E-state index is 12.8. The number of aryl methyl sites for hydroxylation is 1. The second kappa shape index (κ2) is 10.5. The summed E-state index contributed by atoms with van der Waals surface area (Å²) in [7, 11) is 1.59. The molecule has 1 radical (unpaired) electrons. The Bertz CT molecular complexity index is 768. The van der Waals surface area contributed by atoms with E-state index in [0.717, 1.165) is 10.1 Å². The molecule has 0 fully saturated rings. The number of hydrogen-bond donors (Lipinski definition) is 0. The largest absolute Gasteiger partial charge is 0.491 e. The number of halogens is 3. The van der Waals surface area contributed by atoms with Gasteiger partial charge in [0.15, 0.2) is 0 Å². The molecule has 4 nitrogen and oxygen atoms in total. The van der Waals surface area contributed by atoms with Gasteiger partial charge in [-0.1, -0.05) is 23.7 Å². The van der Waals surface area contributed by atoms with E-state index in [1.54, 1.807) is 25.3 Å². The molecule has 0 saturated heterocycles. The van der Waals surface area contributed by atoms with Crippen molar-refractivity contribution < 1.29 is 51.0 Å². The summed E-state index contributed by atoms with van der Waals surface area (Å²) in [5.74, 6) is 0.646. The first-order valence-electron chi connectivity index (χ1n) is 7.26. The smallest absolute Gasteiger partial charge is 0.256 e. The fourth-order valence-electron chi connectivity index (χ4n) is 2.27. The van der Waals surface area contributed by atoms with Crippen LogP contribution in [0.5, 0.6) is 5.75 Å². The standard InChI is InChI=1S/C17H17BrF2NO3.Y/c1-11-9-12(24-8-7-23-2)3-4-13(11)15-6-5-14(18)17(22)21(15)10-16(19)20;/h3-5,9,16H,7-8,10H2,1-2H3;/q-1;. The van der Waals surface area contributed by atoms with Gasteiger partial charge in [0.25, 0.3) is 6.43 Å². The van der Waals surface area contributed by atoms with Gasteiger partial charge in [-0.05, 0) is 16.6 Å². The molecule has 133 valence electrons. The van der Waals surface area contributed by atoms with Crippen molar-refractivity contribution in [3.05, 3.63) is 50.7 Å². The second-order valence-electron chi connectivity index (χ2n) is 5.11. The SMILES string of the molecule is COCCOc1ccc(-c2[c-]cc(Br)c(=O)n2CC(F)F)c(C)c1.[Y]. The topological polar surface area (TPSA) is 40.5 Å². The van der Waals surface area contributed by atoms with E-state index in [4.69, 9.17) is 9.47 Å². The van der Waals surface area contributed by atoms with E-state index < -0.39 is 18.5 Å². The number of alkyl halides is 2. The minimum atomic E-state index is -2.64. The van der Waals surface area contributed by atoms with Crippen LogP contribution in [0.25, 0.3) is 11.3 Å². The number of pyridine rings is 1. The molecule has 25 heavy (non-hydrogen) atoms. The van der Waals surface area contributed by atoms with Crippen molar-refractivity contribution in [2.75, 3.05) is 20.3 Å². The molecule has 0 aliphatic rings. The van der Waals surface area contributed by atoms with Gasteiger partial charge >= 0.3 is 0 Å². The Hall–Kier alpha value is -0.626. The van der Waals surface area contributed by atoms with Gasteiger partial charge in [0.05, 0.1) is 13.2 Å². The third-order valence-corrected chi connectivity index (χ3v) is 3.95. The molecule has 2 rings (SSSR count). The molecule has 0 unspecified atom stereocenters. The van der Waals surface area contributed by atoms with E-state index in [-0.39, 0.29) is 37.2 Å². The summed E-state index contributed by atoms with van der Waals surface area (Å²) < 4.78 is 37.4. The Morgan fingerprint density at radius 3 is 2.64 bits per heavy atom. The van der Waals surface area contributed by atoms with Crippen LogP contribution < -0.4 is 10.3 Å². The van der Waals surface area contributed by atoms with Gasteiger partial charge in [-0.15, -0.1) is 22.0 Å². The van der Waals surface area contributed by atoms with Crippen LogP contribution in [0, 0.1) is 13.0 Å². The molecule has 0 atom stereocenters. The Balaban J connectivity index is 0.00000312. The zero-order valence-electron chi connectivity index (χ0n) is 13.9. The van der Waals surface area contributed by atoms with Crippen molar-refractivity contribution in [3.63, 3.8) is 0 Å². The number of aromatic nitrogens is 1. The molecule has 0 bridgehead atoms. The van der Waals surface area contributed by atoms with E-state index in [2.05, 4.69) is 22.0 Å². The zero-order valence-corrected chi connectivity index (χ0v) is 18.3. The third-order valence-electron chi connectivity index (χ3n) is 3.38. The van der Waals surface area contributed by atoms with Crippen molar-refractivity contribution in [1.82, 2.24) is 4.57 Å². The molecule has 0 amide bonds. The Morgan fingerprint density at radius 2 is 2.04 bits per heavy atom. The van der Waals surface area contributed by atoms with Crippen LogP contribution in [0.4, 0.5) is 8.78 Å². The predicted molar refractivity (Wildman–Crippen MR) is 90.8 cm³/mol. The number of rotatable bonds is 7. The number of nitrogens with zero attached hydrogens (tertiary/aromatic N) is 1. The molecule has 8 heteroatoms. The van der Waals surface area contributed by atoms with E-state index >= 15 is 0 Å². The van der Waals surface area contributed by atoms with E-state index in [1.165, 1.54) is 6.07 Å². The number of benzene rings is 1. The normalized spacial score (nSPS) is 10.6. The second-order valence-corrected chi connectivity index (χ2v) is 5.96. The van der Waals surface area contributed by atoms with E-state index in [0.29, 0.717) is 30.2 Å². The first-order valence-corrected chi connectivity index (χ1v) is 8.05. The fourth-order valence-corrected chi connectivity index (χ4v) is 2.60. The molecular weight excluding hydrogens is 473 g/mol. The maximum Gasteiger partial charge on any atom is 0.256 e. The summed E-state index contributed by atoms with van der Waals surface area (Å²) in [5, 5.41) is 0. The first-order chi connectivity index (χ1) is 11.4. The predicted octanol–water partition coefficient (Wildman–Crippen LogP) is 3.67. The first kappa shape index (κ1) is 22.4. The van der Waals surface area contributed by atoms with Crippen LogP contribution in [-0.4, -0.2) is 31.3 Å². The van der Waals surface area contributed by atoms with Gasteiger partial charge in [0, 0.05) is 39.8 Å². The van der Waals surface area contributed by atoms with Gasteiger partial charge in [-0.2, -0.15) is 12.1 Å². The molecule has 0 aliphatic carbocycles. The summed E-state index contributed by atoms with van der Waals surface area (Å²) in [6.07, 6.45) is -2.64. The summed E-state index contributed by atoms with van der Waals surface area (Å²) in [6, 6.07) is 9.60. The van der Waals surface area contributed by atoms with Crippen LogP contribution in [0.3, 0.4) is 0 Å². The average molecular weight is 490 g/mol. The van der Waals surface area contributed by atoms with Crippen LogP contribution in [0.2, 0.25) is 0 Å². The van der Waals surface area contributed by atoms with Crippen LogP contribution in [0.1, 0.15) is 5.56 Å². The molecule has 1 aromatic heterocycles. The van der Waals surface area contributed by atoms with Crippen molar-refractivity contribution in [2.45, 2.75) is 19.9 Å². The number of hydrogen-bond acceptors (Lipinski definition) is 3. The van der Waals surface area contributed by atoms with Crippen molar-refractivity contribution in [2.24, 2.45) is 0 Å². The maximum absolute atomic E-state index is 12.8. The molecule has 0 saturated carbocycles. The van der Waals surface area contributed by atoms with Gasteiger partial charge in [0.2, 0.25) is 5.56 Å². The summed E-state index contributed by atoms with van der Waals surface area (Å²) in [5.41, 5.74) is 1.26. The minimum Gasteiger partial charge on any atom is -0.491 e. The van der Waals surface area contributed by atoms with Crippen molar-refractivity contribution in [1.29, 1.82) is 0 Å². The summed E-state index contributed by atoms with van der Waals surface area (Å²) >= 11 is 3.07. The van der Waals surface area contributed by atoms with Gasteiger partial charge in [-0.3, -0.25) is 4.79 Å². The van der Waals surface area contributed by atoms with Crippen LogP contribution in [-0.2, 0) is 44.0 Å². The molecule has 0 spiro atoms. The monoisotopic (exact) mass is 489 g/mol. The number of methoxy groups -OCH3 is 1. The number of ether oxygens (including phenoxy) is 2. The van der Waals surface area contributed by atoms with E-state index in [1.807, 2.05) is 6.92 Å². The fraction of sp³-hybridized carbons (Fsp3) is 0.353. The third kappa shape index (κ3) is 5.95. The van der Waals surface area contributed by atoms with Crippen molar-refractivity contribution in [3.8, 4) is 17.0 Å². The van der Waals surface area contributed by atoms with Gasteiger partial charge in [0.1, 0.15) is 12.4 Å². The molecule has 0 N–H and O–H groups in total. The quantitative estimate of drug-likeness (QED) is 0.440. The summed E-state index contributed by atoms with van der Waals surface area (Å²) in [6.45, 7) is 2.02. The van der Waals surface area contributed by atoms with Crippen LogP contribution in [0.15, 0.2) is 33.5 Å². The van der Waals surface area contributed by atoms with Crippen molar-refractivity contribution >= 4 is 15.9 Å². The van der Waals surface area contributed by atoms with Gasteiger partial charge in [-0.25, -0.2) is 8.78 Å². The van der Waals surface area contributed by atoms with Gasteiger partial charge < -0.3 is 14.0 Å². The molecule has 0 aliphatic heterocycles. The van der Waals surface area contributed by atoms with E-state index in [9.17, 15) is 13.6 Å². The Labute approximate surface area is 178 Å². The van der Waals surface area contributed by atoms with Crippen LogP contribution >= 0.6 is 15.9 Å². The molecular formula is C17H17BrF2NO3Y-. The minimum absolute atomic E-state index is 0. The zero-order chi connectivity index (χ0) is 17.7.